The number of rotatable bonds is 8. The third-order valence-electron chi connectivity index (χ3n) is 5.68. The summed E-state index contributed by atoms with van der Waals surface area (Å²) < 4.78 is 5.54. The normalized spacial score (nSPS) is 11.7. The standard InChI is InChI=1S/C30H28O2P/c1-2-32-30(31)26(23-25-15-7-3-8-16-25)24-33(27-17-9-4-10-18-27,28-19-11-5-12-20-28)29-21-13-6-14-22-29/h3-23H,2,24H2,1H3/q+1/b26-23+/i23+1. The van der Waals surface area contributed by atoms with Crippen LogP contribution in [-0.4, -0.2) is 18.7 Å². The summed E-state index contributed by atoms with van der Waals surface area (Å²) in [4.78, 5) is 13.2. The van der Waals surface area contributed by atoms with Crippen molar-refractivity contribution in [3.05, 3.63) is 132 Å². The Morgan fingerprint density at radius 1 is 0.667 bits per heavy atom. The zero-order valence-corrected chi connectivity index (χ0v) is 19.7. The molecule has 0 amide bonds. The molecule has 0 aromatic heterocycles. The molecular formula is C30H28O2P+. The molecule has 33 heavy (non-hydrogen) atoms. The van der Waals surface area contributed by atoms with Gasteiger partial charge in [0.1, 0.15) is 29.3 Å². The first-order valence-corrected chi connectivity index (χ1v) is 13.2. The van der Waals surface area contributed by atoms with E-state index in [0.717, 1.165) is 5.56 Å². The van der Waals surface area contributed by atoms with Crippen molar-refractivity contribution in [1.82, 2.24) is 0 Å². The Labute approximate surface area is 196 Å². The molecule has 3 heteroatoms. The first-order chi connectivity index (χ1) is 16.2. The Morgan fingerprint density at radius 3 is 1.45 bits per heavy atom. The Hall–Kier alpha value is -3.48. The van der Waals surface area contributed by atoms with Gasteiger partial charge in [0.25, 0.3) is 0 Å². The third-order valence-corrected chi connectivity index (χ3v) is 10.0. The van der Waals surface area contributed by atoms with E-state index in [-0.39, 0.29) is 5.97 Å². The van der Waals surface area contributed by atoms with Gasteiger partial charge >= 0.3 is 5.97 Å². The van der Waals surface area contributed by atoms with Gasteiger partial charge in [0.15, 0.2) is 0 Å². The van der Waals surface area contributed by atoms with E-state index in [1.807, 2.05) is 61.5 Å². The molecule has 0 atom stereocenters. The Kier molecular flexibility index (Phi) is 7.50. The number of esters is 1. The van der Waals surface area contributed by atoms with Crippen LogP contribution in [-0.2, 0) is 9.53 Å². The van der Waals surface area contributed by atoms with Gasteiger partial charge in [0.2, 0.25) is 0 Å². The number of carbonyl (C=O) groups excluding carboxylic acids is 1. The fourth-order valence-corrected chi connectivity index (χ4v) is 8.38. The minimum Gasteiger partial charge on any atom is -0.463 e. The van der Waals surface area contributed by atoms with E-state index in [2.05, 4.69) is 72.8 Å². The second kappa shape index (κ2) is 10.9. The minimum atomic E-state index is -2.19. The molecule has 4 aromatic carbocycles. The van der Waals surface area contributed by atoms with Gasteiger partial charge in [-0.1, -0.05) is 84.9 Å². The lowest BCUT2D eigenvalue weighted by Gasteiger charge is -2.28. The largest absolute Gasteiger partial charge is 0.463 e. The van der Waals surface area contributed by atoms with Crippen LogP contribution in [0.4, 0.5) is 0 Å². The van der Waals surface area contributed by atoms with Gasteiger partial charge in [-0.25, -0.2) is 4.79 Å². The molecule has 0 aliphatic heterocycles. The second-order valence-corrected chi connectivity index (χ2v) is 11.3. The van der Waals surface area contributed by atoms with Gasteiger partial charge in [-0.15, -0.1) is 0 Å². The SMILES string of the molecule is CCOC(=O)/C(C[P+](c1ccccc1)(c1ccccc1)c1ccccc1)=[13CH]/c1ccccc1. The van der Waals surface area contributed by atoms with Gasteiger partial charge in [-0.2, -0.15) is 0 Å². The van der Waals surface area contributed by atoms with Crippen molar-refractivity contribution in [3.63, 3.8) is 0 Å². The van der Waals surface area contributed by atoms with Crippen molar-refractivity contribution in [2.75, 3.05) is 12.8 Å². The second-order valence-electron chi connectivity index (χ2n) is 7.78. The molecule has 0 saturated heterocycles. The fourth-order valence-electron chi connectivity index (χ4n) is 4.17. The maximum absolute atomic E-state index is 13.2. The molecular weight excluding hydrogens is 424 g/mol. The summed E-state index contributed by atoms with van der Waals surface area (Å²) in [5.74, 6) is -0.256. The molecule has 0 unspecified atom stereocenters. The summed E-state index contributed by atoms with van der Waals surface area (Å²) in [7, 11) is -2.19. The van der Waals surface area contributed by atoms with E-state index in [1.165, 1.54) is 15.9 Å². The molecule has 164 valence electrons. The molecule has 4 rings (SSSR count). The topological polar surface area (TPSA) is 26.3 Å². The molecule has 0 aliphatic rings. The lowest BCUT2D eigenvalue weighted by molar-refractivity contribution is -0.138. The van der Waals surface area contributed by atoms with Crippen LogP contribution in [0.2, 0.25) is 0 Å². The van der Waals surface area contributed by atoms with Gasteiger partial charge in [-0.05, 0) is 55.0 Å². The van der Waals surface area contributed by atoms with Crippen LogP contribution in [0.3, 0.4) is 0 Å². The summed E-state index contributed by atoms with van der Waals surface area (Å²) in [5.41, 5.74) is 1.68. The maximum atomic E-state index is 13.2. The average molecular weight is 453 g/mol. The number of hydrogen-bond donors (Lipinski definition) is 0. The molecule has 4 aromatic rings. The zero-order chi connectivity index (χ0) is 22.9. The highest BCUT2D eigenvalue weighted by atomic mass is 31.2. The van der Waals surface area contributed by atoms with Crippen LogP contribution >= 0.6 is 7.26 Å². The summed E-state index contributed by atoms with van der Waals surface area (Å²) in [6.45, 7) is 2.20. The fraction of sp³-hybridized carbons (Fsp3) is 0.100. The van der Waals surface area contributed by atoms with Gasteiger partial charge in [0, 0.05) is 0 Å². The highest BCUT2D eigenvalue weighted by Crippen LogP contribution is 2.56. The van der Waals surface area contributed by atoms with Crippen LogP contribution in [0.15, 0.2) is 127 Å². The van der Waals surface area contributed by atoms with E-state index >= 15 is 0 Å². The lowest BCUT2D eigenvalue weighted by Crippen LogP contribution is -2.35. The predicted molar refractivity (Wildman–Crippen MR) is 141 cm³/mol. The van der Waals surface area contributed by atoms with Crippen molar-refractivity contribution >= 4 is 35.2 Å². The Morgan fingerprint density at radius 2 is 1.06 bits per heavy atom. The van der Waals surface area contributed by atoms with E-state index in [4.69, 9.17) is 4.74 Å². The molecule has 0 spiro atoms. The summed E-state index contributed by atoms with van der Waals surface area (Å²) in [5, 5.41) is 3.72. The van der Waals surface area contributed by atoms with Crippen LogP contribution in [0.5, 0.6) is 0 Å². The van der Waals surface area contributed by atoms with Crippen LogP contribution in [0.25, 0.3) is 6.08 Å². The summed E-state index contributed by atoms with van der Waals surface area (Å²) in [6, 6.07) is 41.8. The van der Waals surface area contributed by atoms with Crippen molar-refractivity contribution in [3.8, 4) is 0 Å². The summed E-state index contributed by atoms with van der Waals surface area (Å²) in [6.07, 6.45) is 2.57. The van der Waals surface area contributed by atoms with Crippen LogP contribution in [0, 0.1) is 0 Å². The van der Waals surface area contributed by atoms with E-state index < -0.39 is 7.26 Å². The number of benzene rings is 4. The van der Waals surface area contributed by atoms with Crippen molar-refractivity contribution < 1.29 is 9.53 Å². The van der Waals surface area contributed by atoms with Crippen LogP contribution < -0.4 is 15.9 Å². The molecule has 0 N–H and O–H groups in total. The molecule has 0 aliphatic carbocycles. The van der Waals surface area contributed by atoms with Gasteiger partial charge in [0.05, 0.1) is 12.2 Å². The minimum absolute atomic E-state index is 0.256. The molecule has 0 fully saturated rings. The van der Waals surface area contributed by atoms with E-state index in [9.17, 15) is 4.79 Å². The first-order valence-electron chi connectivity index (χ1n) is 11.2. The molecule has 0 radical (unpaired) electrons. The van der Waals surface area contributed by atoms with Crippen molar-refractivity contribution in [2.24, 2.45) is 0 Å². The Bertz CT molecular complexity index is 1090. The predicted octanol–water partition coefficient (Wildman–Crippen LogP) is 5.63. The van der Waals surface area contributed by atoms with Crippen LogP contribution in [0.1, 0.15) is 12.5 Å². The average Bonchev–Trinajstić information content (AvgIpc) is 2.89. The lowest BCUT2D eigenvalue weighted by atomic mass is 10.2. The molecule has 0 saturated carbocycles. The van der Waals surface area contributed by atoms with Gasteiger partial charge < -0.3 is 4.74 Å². The zero-order valence-electron chi connectivity index (χ0n) is 18.8. The molecule has 0 bridgehead atoms. The first kappa shape index (κ1) is 22.7. The van der Waals surface area contributed by atoms with E-state index in [0.29, 0.717) is 18.3 Å². The highest BCUT2D eigenvalue weighted by molar-refractivity contribution is 7.95. The number of carbonyl (C=O) groups is 1. The molecule has 0 heterocycles. The number of ether oxygens (including phenoxy) is 1. The monoisotopic (exact) mass is 452 g/mol. The maximum Gasteiger partial charge on any atom is 0.337 e. The summed E-state index contributed by atoms with van der Waals surface area (Å²) >= 11 is 0. The van der Waals surface area contributed by atoms with Crippen molar-refractivity contribution in [2.45, 2.75) is 6.92 Å². The Balaban J connectivity index is 1.97. The van der Waals surface area contributed by atoms with Crippen molar-refractivity contribution in [1.29, 1.82) is 0 Å². The highest BCUT2D eigenvalue weighted by Gasteiger charge is 2.47. The smallest absolute Gasteiger partial charge is 0.337 e. The van der Waals surface area contributed by atoms with Gasteiger partial charge in [-0.3, -0.25) is 0 Å². The van der Waals surface area contributed by atoms with E-state index in [1.54, 1.807) is 0 Å². The quantitative estimate of drug-likeness (QED) is 0.150. The third kappa shape index (κ3) is 5.13. The molecule has 2 nitrogen and oxygen atoms in total. The number of hydrogen-bond acceptors (Lipinski definition) is 2.